The molecule has 1 aromatic carbocycles. The zero-order valence-electron chi connectivity index (χ0n) is 8.27. The highest BCUT2D eigenvalue weighted by Crippen LogP contribution is 2.23. The molecule has 1 aliphatic rings. The number of hydrogen-bond donors (Lipinski definition) is 1. The monoisotopic (exact) mass is 204 g/mol. The molecule has 0 unspecified atom stereocenters. The summed E-state index contributed by atoms with van der Waals surface area (Å²) in [5, 5.41) is 13.8. The van der Waals surface area contributed by atoms with Crippen molar-refractivity contribution in [2.45, 2.75) is 6.42 Å². The van der Waals surface area contributed by atoms with Crippen LogP contribution >= 0.6 is 0 Å². The molecule has 4 nitrogen and oxygen atoms in total. The Morgan fingerprint density at radius 1 is 1.40 bits per heavy atom. The fourth-order valence-electron chi connectivity index (χ4n) is 1.70. The van der Waals surface area contributed by atoms with Gasteiger partial charge in [-0.3, -0.25) is 10.1 Å². The number of hydrogen-bond acceptors (Lipinski definition) is 3. The molecule has 15 heavy (non-hydrogen) atoms. The summed E-state index contributed by atoms with van der Waals surface area (Å²) in [4.78, 5) is 10.3. The van der Waals surface area contributed by atoms with Crippen LogP contribution in [0.25, 0.3) is 5.57 Å². The summed E-state index contributed by atoms with van der Waals surface area (Å²) in [5.74, 6) is 0. The summed E-state index contributed by atoms with van der Waals surface area (Å²) in [6.07, 6.45) is 3.02. The first-order chi connectivity index (χ1) is 7.27. The molecule has 78 valence electrons. The van der Waals surface area contributed by atoms with Crippen LogP contribution in [0, 0.1) is 10.1 Å². The first kappa shape index (κ1) is 9.86. The second-order valence-corrected chi connectivity index (χ2v) is 3.49. The molecule has 0 spiro atoms. The standard InChI is InChI=1S/C11H12N2O2/c14-13(15)11-3-1-2-10(8-11)9-4-6-12-7-5-9/h1-4,8,12H,5-7H2. The fourth-order valence-corrected chi connectivity index (χ4v) is 1.70. The summed E-state index contributed by atoms with van der Waals surface area (Å²) in [6.45, 7) is 1.78. The molecule has 2 rings (SSSR count). The molecule has 0 saturated heterocycles. The highest BCUT2D eigenvalue weighted by Gasteiger charge is 2.10. The molecule has 0 bridgehead atoms. The van der Waals surface area contributed by atoms with Crippen molar-refractivity contribution in [2.24, 2.45) is 0 Å². The number of nitro benzene ring substituents is 1. The molecule has 1 heterocycles. The second-order valence-electron chi connectivity index (χ2n) is 3.49. The Kier molecular flexibility index (Phi) is 2.78. The molecule has 1 aliphatic heterocycles. The van der Waals surface area contributed by atoms with Crippen molar-refractivity contribution in [1.82, 2.24) is 5.32 Å². The first-order valence-corrected chi connectivity index (χ1v) is 4.92. The Bertz CT molecular complexity index is 413. The van der Waals surface area contributed by atoms with Crippen molar-refractivity contribution >= 4 is 11.3 Å². The van der Waals surface area contributed by atoms with Crippen LogP contribution in [0.3, 0.4) is 0 Å². The predicted octanol–water partition coefficient (Wildman–Crippen LogP) is 1.97. The lowest BCUT2D eigenvalue weighted by Gasteiger charge is -2.13. The van der Waals surface area contributed by atoms with Crippen LogP contribution in [-0.4, -0.2) is 18.0 Å². The van der Waals surface area contributed by atoms with Crippen LogP contribution in [0.1, 0.15) is 12.0 Å². The Morgan fingerprint density at radius 2 is 2.27 bits per heavy atom. The number of nitrogens with zero attached hydrogens (tertiary/aromatic N) is 1. The Morgan fingerprint density at radius 3 is 2.93 bits per heavy atom. The van der Waals surface area contributed by atoms with E-state index in [-0.39, 0.29) is 10.6 Å². The second kappa shape index (κ2) is 4.23. The number of rotatable bonds is 2. The van der Waals surface area contributed by atoms with Crippen molar-refractivity contribution < 1.29 is 4.92 Å². The molecular formula is C11H12N2O2. The molecule has 4 heteroatoms. The normalized spacial score (nSPS) is 15.9. The van der Waals surface area contributed by atoms with Crippen molar-refractivity contribution in [1.29, 1.82) is 0 Å². The van der Waals surface area contributed by atoms with E-state index in [0.29, 0.717) is 0 Å². The molecule has 0 saturated carbocycles. The van der Waals surface area contributed by atoms with Gasteiger partial charge in [0, 0.05) is 18.7 Å². The fraction of sp³-hybridized carbons (Fsp3) is 0.273. The molecule has 0 fully saturated rings. The number of benzene rings is 1. The third-order valence-corrected chi connectivity index (χ3v) is 2.49. The average Bonchev–Trinajstić information content (AvgIpc) is 2.30. The molecule has 1 N–H and O–H groups in total. The van der Waals surface area contributed by atoms with Gasteiger partial charge in [-0.2, -0.15) is 0 Å². The number of nitrogens with one attached hydrogen (secondary N) is 1. The third kappa shape index (κ3) is 2.22. The SMILES string of the molecule is O=[N+]([O-])c1cccc(C2=CCNCC2)c1. The maximum absolute atomic E-state index is 10.6. The van der Waals surface area contributed by atoms with E-state index in [4.69, 9.17) is 0 Å². The number of non-ortho nitro benzene ring substituents is 1. The first-order valence-electron chi connectivity index (χ1n) is 4.92. The maximum atomic E-state index is 10.6. The minimum atomic E-state index is -0.356. The molecule has 0 aromatic heterocycles. The average molecular weight is 204 g/mol. The van der Waals surface area contributed by atoms with Gasteiger partial charge in [-0.1, -0.05) is 18.2 Å². The van der Waals surface area contributed by atoms with Gasteiger partial charge < -0.3 is 5.32 Å². The Labute approximate surface area is 87.8 Å². The number of nitro groups is 1. The highest BCUT2D eigenvalue weighted by atomic mass is 16.6. The Balaban J connectivity index is 2.31. The van der Waals surface area contributed by atoms with Crippen molar-refractivity contribution in [3.63, 3.8) is 0 Å². The highest BCUT2D eigenvalue weighted by molar-refractivity contribution is 5.68. The molecule has 0 aliphatic carbocycles. The van der Waals surface area contributed by atoms with Gasteiger partial charge in [0.15, 0.2) is 0 Å². The topological polar surface area (TPSA) is 55.2 Å². The quantitative estimate of drug-likeness (QED) is 0.592. The lowest BCUT2D eigenvalue weighted by molar-refractivity contribution is -0.384. The van der Waals surface area contributed by atoms with Gasteiger partial charge in [-0.15, -0.1) is 0 Å². The van der Waals surface area contributed by atoms with Crippen molar-refractivity contribution in [3.8, 4) is 0 Å². The van der Waals surface area contributed by atoms with E-state index in [1.807, 2.05) is 6.07 Å². The van der Waals surface area contributed by atoms with Crippen LogP contribution in [0.15, 0.2) is 30.3 Å². The van der Waals surface area contributed by atoms with Crippen LogP contribution in [-0.2, 0) is 0 Å². The van der Waals surface area contributed by atoms with Gasteiger partial charge >= 0.3 is 0 Å². The molecule has 0 atom stereocenters. The van der Waals surface area contributed by atoms with Crippen molar-refractivity contribution in [3.05, 3.63) is 46.0 Å². The predicted molar refractivity (Wildman–Crippen MR) is 58.6 cm³/mol. The van der Waals surface area contributed by atoms with Crippen molar-refractivity contribution in [2.75, 3.05) is 13.1 Å². The van der Waals surface area contributed by atoms with E-state index in [1.165, 1.54) is 11.6 Å². The summed E-state index contributed by atoms with van der Waals surface area (Å²) < 4.78 is 0. The van der Waals surface area contributed by atoms with Crippen LogP contribution in [0.5, 0.6) is 0 Å². The van der Waals surface area contributed by atoms with Gasteiger partial charge in [-0.25, -0.2) is 0 Å². The minimum absolute atomic E-state index is 0.159. The third-order valence-electron chi connectivity index (χ3n) is 2.49. The Hall–Kier alpha value is -1.68. The zero-order valence-corrected chi connectivity index (χ0v) is 8.27. The summed E-state index contributed by atoms with van der Waals surface area (Å²) >= 11 is 0. The van der Waals surface area contributed by atoms with E-state index in [0.717, 1.165) is 25.1 Å². The molecule has 1 aromatic rings. The summed E-state index contributed by atoms with van der Waals surface area (Å²) in [5.41, 5.74) is 2.31. The molecular weight excluding hydrogens is 192 g/mol. The largest absolute Gasteiger partial charge is 0.313 e. The van der Waals surface area contributed by atoms with E-state index in [9.17, 15) is 10.1 Å². The van der Waals surface area contributed by atoms with Gasteiger partial charge in [0.2, 0.25) is 0 Å². The zero-order chi connectivity index (χ0) is 10.7. The summed E-state index contributed by atoms with van der Waals surface area (Å²) in [7, 11) is 0. The van der Waals surface area contributed by atoms with E-state index in [2.05, 4.69) is 11.4 Å². The van der Waals surface area contributed by atoms with Gasteiger partial charge in [0.1, 0.15) is 0 Å². The van der Waals surface area contributed by atoms with Crippen LogP contribution in [0.2, 0.25) is 0 Å². The van der Waals surface area contributed by atoms with Crippen LogP contribution < -0.4 is 5.32 Å². The van der Waals surface area contributed by atoms with E-state index < -0.39 is 0 Å². The summed E-state index contributed by atoms with van der Waals surface area (Å²) in [6, 6.07) is 6.81. The van der Waals surface area contributed by atoms with E-state index >= 15 is 0 Å². The maximum Gasteiger partial charge on any atom is 0.270 e. The van der Waals surface area contributed by atoms with Crippen LogP contribution in [0.4, 0.5) is 5.69 Å². The van der Waals surface area contributed by atoms with Gasteiger partial charge in [0.25, 0.3) is 5.69 Å². The van der Waals surface area contributed by atoms with E-state index in [1.54, 1.807) is 12.1 Å². The minimum Gasteiger partial charge on any atom is -0.313 e. The lowest BCUT2D eigenvalue weighted by Crippen LogP contribution is -2.20. The molecule has 0 amide bonds. The molecule has 0 radical (unpaired) electrons. The van der Waals surface area contributed by atoms with Gasteiger partial charge in [0.05, 0.1) is 4.92 Å². The lowest BCUT2D eigenvalue weighted by atomic mass is 10.00. The smallest absolute Gasteiger partial charge is 0.270 e. The van der Waals surface area contributed by atoms with Gasteiger partial charge in [-0.05, 0) is 24.1 Å².